The highest BCUT2D eigenvalue weighted by Crippen LogP contribution is 2.16. The summed E-state index contributed by atoms with van der Waals surface area (Å²) in [5.74, 6) is 0.470. The van der Waals surface area contributed by atoms with E-state index in [1.165, 1.54) is 5.56 Å². The number of nitrogens with zero attached hydrogens (tertiary/aromatic N) is 1. The summed E-state index contributed by atoms with van der Waals surface area (Å²) in [5.41, 5.74) is 8.34. The number of hydrogen-bond donors (Lipinski definition) is 2. The molecule has 0 spiro atoms. The van der Waals surface area contributed by atoms with E-state index in [-0.39, 0.29) is 12.1 Å². The van der Waals surface area contributed by atoms with E-state index in [9.17, 15) is 0 Å². The Balaban J connectivity index is 2.01. The first-order valence-corrected chi connectivity index (χ1v) is 6.86. The molecule has 0 unspecified atom stereocenters. The van der Waals surface area contributed by atoms with Gasteiger partial charge in [0, 0.05) is 0 Å². The third-order valence-electron chi connectivity index (χ3n) is 3.28. The number of hydrogen-bond acceptors (Lipinski definition) is 1. The number of aliphatic imine (C=N–C) groups is 1. The van der Waals surface area contributed by atoms with Gasteiger partial charge in [0.25, 0.3) is 0 Å². The maximum absolute atomic E-state index is 5.99. The van der Waals surface area contributed by atoms with Crippen molar-refractivity contribution in [3.8, 4) is 0 Å². The summed E-state index contributed by atoms with van der Waals surface area (Å²) in [6.07, 6.45) is 0. The van der Waals surface area contributed by atoms with Crippen molar-refractivity contribution in [2.75, 3.05) is 0 Å². The average molecular weight is 267 g/mol. The third-order valence-corrected chi connectivity index (χ3v) is 3.28. The van der Waals surface area contributed by atoms with E-state index >= 15 is 0 Å². The molecule has 3 heteroatoms. The van der Waals surface area contributed by atoms with Crippen LogP contribution in [0.2, 0.25) is 0 Å². The van der Waals surface area contributed by atoms with E-state index in [0.29, 0.717) is 5.96 Å². The minimum absolute atomic E-state index is 0.0478. The van der Waals surface area contributed by atoms with Crippen molar-refractivity contribution < 1.29 is 0 Å². The summed E-state index contributed by atoms with van der Waals surface area (Å²) in [6.45, 7) is 4.11. The van der Waals surface area contributed by atoms with Gasteiger partial charge in [-0.15, -0.1) is 0 Å². The summed E-state index contributed by atoms with van der Waals surface area (Å²) < 4.78 is 0. The van der Waals surface area contributed by atoms with Gasteiger partial charge in [0.2, 0.25) is 0 Å². The van der Waals surface area contributed by atoms with Crippen LogP contribution in [0.25, 0.3) is 0 Å². The molecule has 0 aliphatic carbocycles. The Morgan fingerprint density at radius 2 is 1.40 bits per heavy atom. The Labute approximate surface area is 120 Å². The summed E-state index contributed by atoms with van der Waals surface area (Å²) >= 11 is 0. The minimum atomic E-state index is 0.0478. The standard InChI is InChI=1S/C17H21N3/c1-13(15-9-5-3-6-10-15)19-17(18)20-14(2)16-11-7-4-8-12-16/h3-14H,1-2H3,(H3,18,19,20)/t13-,14-/m1/s1. The lowest BCUT2D eigenvalue weighted by molar-refractivity contribution is 0.697. The fourth-order valence-corrected chi connectivity index (χ4v) is 2.10. The average Bonchev–Trinajstić information content (AvgIpc) is 2.49. The number of nitrogens with two attached hydrogens (primary N) is 1. The summed E-state index contributed by atoms with van der Waals surface area (Å²) in [5, 5.41) is 3.22. The Morgan fingerprint density at radius 3 is 1.95 bits per heavy atom. The summed E-state index contributed by atoms with van der Waals surface area (Å²) in [6, 6.07) is 20.5. The van der Waals surface area contributed by atoms with Gasteiger partial charge in [0.15, 0.2) is 5.96 Å². The van der Waals surface area contributed by atoms with E-state index in [0.717, 1.165) is 5.56 Å². The van der Waals surface area contributed by atoms with Gasteiger partial charge in [-0.3, -0.25) is 0 Å². The second-order valence-electron chi connectivity index (χ2n) is 4.88. The molecule has 2 rings (SSSR count). The highest BCUT2D eigenvalue weighted by molar-refractivity contribution is 5.78. The quantitative estimate of drug-likeness (QED) is 0.659. The first-order chi connectivity index (χ1) is 9.66. The van der Waals surface area contributed by atoms with Crippen molar-refractivity contribution in [2.24, 2.45) is 10.7 Å². The van der Waals surface area contributed by atoms with Crippen molar-refractivity contribution in [1.29, 1.82) is 0 Å². The van der Waals surface area contributed by atoms with Crippen LogP contribution >= 0.6 is 0 Å². The van der Waals surface area contributed by atoms with Gasteiger partial charge < -0.3 is 11.1 Å². The van der Waals surface area contributed by atoms with Crippen LogP contribution < -0.4 is 11.1 Å². The van der Waals surface area contributed by atoms with Gasteiger partial charge >= 0.3 is 0 Å². The molecule has 2 aromatic carbocycles. The smallest absolute Gasteiger partial charge is 0.189 e. The lowest BCUT2D eigenvalue weighted by Gasteiger charge is -2.16. The van der Waals surface area contributed by atoms with Crippen LogP contribution in [0, 0.1) is 0 Å². The topological polar surface area (TPSA) is 50.4 Å². The molecule has 104 valence electrons. The summed E-state index contributed by atoms with van der Waals surface area (Å²) in [4.78, 5) is 4.50. The first kappa shape index (κ1) is 14.1. The molecule has 0 aliphatic heterocycles. The maximum Gasteiger partial charge on any atom is 0.189 e. The fraction of sp³-hybridized carbons (Fsp3) is 0.235. The van der Waals surface area contributed by atoms with Crippen molar-refractivity contribution in [3.63, 3.8) is 0 Å². The van der Waals surface area contributed by atoms with Gasteiger partial charge in [-0.2, -0.15) is 0 Å². The minimum Gasteiger partial charge on any atom is -0.370 e. The van der Waals surface area contributed by atoms with Crippen molar-refractivity contribution in [2.45, 2.75) is 25.9 Å². The molecule has 2 atom stereocenters. The van der Waals surface area contributed by atoms with Gasteiger partial charge in [-0.1, -0.05) is 60.7 Å². The van der Waals surface area contributed by atoms with Gasteiger partial charge in [-0.25, -0.2) is 4.99 Å². The van der Waals surface area contributed by atoms with Crippen LogP contribution in [0.1, 0.15) is 37.1 Å². The molecule has 0 bridgehead atoms. The predicted molar refractivity (Wildman–Crippen MR) is 84.5 cm³/mol. The number of nitrogens with one attached hydrogen (secondary N) is 1. The van der Waals surface area contributed by atoms with Crippen LogP contribution in [-0.2, 0) is 0 Å². The normalized spacial score (nSPS) is 14.6. The molecule has 0 fully saturated rings. The van der Waals surface area contributed by atoms with Crippen LogP contribution in [0.5, 0.6) is 0 Å². The second kappa shape index (κ2) is 6.75. The zero-order chi connectivity index (χ0) is 14.4. The molecule has 0 saturated heterocycles. The largest absolute Gasteiger partial charge is 0.370 e. The number of rotatable bonds is 4. The summed E-state index contributed by atoms with van der Waals surface area (Å²) in [7, 11) is 0. The van der Waals surface area contributed by atoms with Gasteiger partial charge in [-0.05, 0) is 25.0 Å². The van der Waals surface area contributed by atoms with E-state index < -0.39 is 0 Å². The van der Waals surface area contributed by atoms with E-state index in [4.69, 9.17) is 5.73 Å². The zero-order valence-electron chi connectivity index (χ0n) is 12.0. The predicted octanol–water partition coefficient (Wildman–Crippen LogP) is 3.41. The first-order valence-electron chi connectivity index (χ1n) is 6.86. The number of benzene rings is 2. The Kier molecular flexibility index (Phi) is 4.77. The Hall–Kier alpha value is -2.29. The zero-order valence-corrected chi connectivity index (χ0v) is 12.0. The molecule has 20 heavy (non-hydrogen) atoms. The fourth-order valence-electron chi connectivity index (χ4n) is 2.10. The lowest BCUT2D eigenvalue weighted by Crippen LogP contribution is -2.34. The maximum atomic E-state index is 5.99. The molecule has 2 aromatic rings. The second-order valence-corrected chi connectivity index (χ2v) is 4.88. The highest BCUT2D eigenvalue weighted by Gasteiger charge is 2.07. The van der Waals surface area contributed by atoms with Gasteiger partial charge in [0.05, 0.1) is 12.1 Å². The molecule has 0 amide bonds. The molecule has 0 aliphatic rings. The van der Waals surface area contributed by atoms with Crippen LogP contribution in [0.15, 0.2) is 65.7 Å². The van der Waals surface area contributed by atoms with Crippen molar-refractivity contribution in [3.05, 3.63) is 71.8 Å². The van der Waals surface area contributed by atoms with Gasteiger partial charge in [0.1, 0.15) is 0 Å². The molecule has 0 saturated carbocycles. The molecule has 0 radical (unpaired) electrons. The molecular weight excluding hydrogens is 246 g/mol. The Morgan fingerprint density at radius 1 is 0.900 bits per heavy atom. The molecule has 3 N–H and O–H groups in total. The highest BCUT2D eigenvalue weighted by atomic mass is 15.1. The lowest BCUT2D eigenvalue weighted by atomic mass is 10.1. The SMILES string of the molecule is C[C@@H](N=C(N)N[C@H](C)c1ccccc1)c1ccccc1. The molecular formula is C17H21N3. The van der Waals surface area contributed by atoms with E-state index in [1.54, 1.807) is 0 Å². The van der Waals surface area contributed by atoms with Crippen LogP contribution in [0.3, 0.4) is 0 Å². The third kappa shape index (κ3) is 3.85. The van der Waals surface area contributed by atoms with E-state index in [2.05, 4.69) is 41.5 Å². The molecule has 0 heterocycles. The monoisotopic (exact) mass is 267 g/mol. The van der Waals surface area contributed by atoms with Crippen LogP contribution in [-0.4, -0.2) is 5.96 Å². The van der Waals surface area contributed by atoms with Crippen molar-refractivity contribution in [1.82, 2.24) is 5.32 Å². The van der Waals surface area contributed by atoms with Crippen molar-refractivity contribution >= 4 is 5.96 Å². The molecule has 3 nitrogen and oxygen atoms in total. The van der Waals surface area contributed by atoms with Crippen LogP contribution in [0.4, 0.5) is 0 Å². The Bertz CT molecular complexity index is 549. The van der Waals surface area contributed by atoms with E-state index in [1.807, 2.05) is 43.3 Å². The number of guanidine groups is 1. The molecule has 0 aromatic heterocycles.